The van der Waals surface area contributed by atoms with Gasteiger partial charge in [-0.15, -0.1) is 0 Å². The van der Waals surface area contributed by atoms with Crippen LogP contribution in [0.3, 0.4) is 0 Å². The quantitative estimate of drug-likeness (QED) is 0.777. The number of ether oxygens (including phenoxy) is 2. The Morgan fingerprint density at radius 1 is 0.905 bits per heavy atom. The number of fused-ring (bicyclic) bond motifs is 1. The van der Waals surface area contributed by atoms with E-state index in [1.807, 2.05) is 0 Å². The van der Waals surface area contributed by atoms with Gasteiger partial charge in [0.05, 0.1) is 12.7 Å². The van der Waals surface area contributed by atoms with Crippen LogP contribution in [0.1, 0.15) is 64.2 Å². The van der Waals surface area contributed by atoms with Crippen LogP contribution in [0.15, 0.2) is 0 Å². The third kappa shape index (κ3) is 3.16. The van der Waals surface area contributed by atoms with Crippen molar-refractivity contribution in [2.75, 3.05) is 26.2 Å². The van der Waals surface area contributed by atoms with Gasteiger partial charge in [0.25, 0.3) is 0 Å². The molecule has 0 N–H and O–H groups in total. The Labute approximate surface area is 129 Å². The van der Waals surface area contributed by atoms with E-state index in [2.05, 4.69) is 4.90 Å². The van der Waals surface area contributed by atoms with Gasteiger partial charge in [0.1, 0.15) is 0 Å². The third-order valence-corrected chi connectivity index (χ3v) is 6.36. The molecule has 2 saturated heterocycles. The fourth-order valence-corrected chi connectivity index (χ4v) is 5.21. The summed E-state index contributed by atoms with van der Waals surface area (Å²) in [6.45, 7) is 4.44. The molecule has 2 aliphatic carbocycles. The van der Waals surface area contributed by atoms with Crippen molar-refractivity contribution >= 4 is 0 Å². The second-order valence-electron chi connectivity index (χ2n) is 7.87. The first-order chi connectivity index (χ1) is 10.3. The molecule has 3 nitrogen and oxygen atoms in total. The van der Waals surface area contributed by atoms with Gasteiger partial charge < -0.3 is 14.4 Å². The van der Waals surface area contributed by atoms with Gasteiger partial charge >= 0.3 is 0 Å². The van der Waals surface area contributed by atoms with E-state index in [4.69, 9.17) is 9.47 Å². The molecule has 2 saturated carbocycles. The maximum atomic E-state index is 6.48. The summed E-state index contributed by atoms with van der Waals surface area (Å²) in [4.78, 5) is 2.59. The summed E-state index contributed by atoms with van der Waals surface area (Å²) in [5.41, 5.74) is 0. The standard InChI is InChI=1S/C18H31NO2/c1-4-10-19(11-5-1)13-17-14-20-18(21-17)9-8-15-6-2-3-7-16(15)12-18/h15-17H,1-14H2. The van der Waals surface area contributed by atoms with Gasteiger partial charge in [-0.1, -0.05) is 25.7 Å². The fourth-order valence-electron chi connectivity index (χ4n) is 5.21. The highest BCUT2D eigenvalue weighted by molar-refractivity contribution is 4.92. The first-order valence-electron chi connectivity index (χ1n) is 9.37. The van der Waals surface area contributed by atoms with Crippen LogP contribution >= 0.6 is 0 Å². The highest BCUT2D eigenvalue weighted by atomic mass is 16.7. The molecule has 3 heteroatoms. The minimum Gasteiger partial charge on any atom is -0.347 e. The van der Waals surface area contributed by atoms with Crippen molar-refractivity contribution in [3.63, 3.8) is 0 Å². The maximum Gasteiger partial charge on any atom is 0.169 e. The van der Waals surface area contributed by atoms with Crippen molar-refractivity contribution in [3.05, 3.63) is 0 Å². The summed E-state index contributed by atoms with van der Waals surface area (Å²) in [7, 11) is 0. The van der Waals surface area contributed by atoms with E-state index in [1.54, 1.807) is 0 Å². The van der Waals surface area contributed by atoms with Crippen molar-refractivity contribution in [2.24, 2.45) is 11.8 Å². The Morgan fingerprint density at radius 2 is 1.71 bits per heavy atom. The first-order valence-corrected chi connectivity index (χ1v) is 9.37. The topological polar surface area (TPSA) is 21.7 Å². The monoisotopic (exact) mass is 293 g/mol. The summed E-state index contributed by atoms with van der Waals surface area (Å²) >= 11 is 0. The van der Waals surface area contributed by atoms with Crippen molar-refractivity contribution in [1.29, 1.82) is 0 Å². The van der Waals surface area contributed by atoms with E-state index in [9.17, 15) is 0 Å². The van der Waals surface area contributed by atoms with Crippen LogP contribution in [0, 0.1) is 11.8 Å². The Balaban J connectivity index is 1.32. The van der Waals surface area contributed by atoms with Gasteiger partial charge in [0.15, 0.2) is 5.79 Å². The largest absolute Gasteiger partial charge is 0.347 e. The Bertz CT molecular complexity index is 355. The highest BCUT2D eigenvalue weighted by Crippen LogP contribution is 2.48. The summed E-state index contributed by atoms with van der Waals surface area (Å²) < 4.78 is 12.7. The highest BCUT2D eigenvalue weighted by Gasteiger charge is 2.48. The summed E-state index contributed by atoms with van der Waals surface area (Å²) in [6, 6.07) is 0. The van der Waals surface area contributed by atoms with Crippen molar-refractivity contribution < 1.29 is 9.47 Å². The zero-order chi connectivity index (χ0) is 14.1. The van der Waals surface area contributed by atoms with Gasteiger partial charge in [0.2, 0.25) is 0 Å². The maximum absolute atomic E-state index is 6.48. The predicted octanol–water partition coefficient (Wildman–Crippen LogP) is 3.57. The van der Waals surface area contributed by atoms with Crippen molar-refractivity contribution in [2.45, 2.75) is 76.1 Å². The molecule has 4 rings (SSSR count). The number of hydrogen-bond donors (Lipinski definition) is 0. The molecule has 2 aliphatic heterocycles. The minimum atomic E-state index is -0.195. The van der Waals surface area contributed by atoms with Gasteiger partial charge in [-0.2, -0.15) is 0 Å². The second-order valence-corrected chi connectivity index (χ2v) is 7.87. The van der Waals surface area contributed by atoms with Crippen LogP contribution in [0.4, 0.5) is 0 Å². The lowest BCUT2D eigenvalue weighted by atomic mass is 9.69. The van der Waals surface area contributed by atoms with Crippen LogP contribution in [-0.2, 0) is 9.47 Å². The van der Waals surface area contributed by atoms with E-state index in [-0.39, 0.29) is 5.79 Å². The Kier molecular flexibility index (Phi) is 4.25. The molecule has 120 valence electrons. The predicted molar refractivity (Wildman–Crippen MR) is 83.1 cm³/mol. The van der Waals surface area contributed by atoms with Crippen LogP contribution in [0.2, 0.25) is 0 Å². The van der Waals surface area contributed by atoms with Gasteiger partial charge in [0, 0.05) is 19.4 Å². The molecule has 4 fully saturated rings. The average Bonchev–Trinajstić information content (AvgIpc) is 2.90. The van der Waals surface area contributed by atoms with Crippen LogP contribution < -0.4 is 0 Å². The number of hydrogen-bond acceptors (Lipinski definition) is 3. The molecule has 4 atom stereocenters. The first kappa shape index (κ1) is 14.5. The molecule has 0 aromatic rings. The summed E-state index contributed by atoms with van der Waals surface area (Å²) in [5, 5.41) is 0. The summed E-state index contributed by atoms with van der Waals surface area (Å²) in [5.74, 6) is 1.65. The van der Waals surface area contributed by atoms with Crippen LogP contribution in [-0.4, -0.2) is 43.0 Å². The number of likely N-dealkylation sites (tertiary alicyclic amines) is 1. The zero-order valence-electron chi connectivity index (χ0n) is 13.4. The van der Waals surface area contributed by atoms with Gasteiger partial charge in [-0.05, 0) is 50.6 Å². The van der Waals surface area contributed by atoms with Crippen molar-refractivity contribution in [1.82, 2.24) is 4.90 Å². The summed E-state index contributed by atoms with van der Waals surface area (Å²) in [6.07, 6.45) is 13.9. The lowest BCUT2D eigenvalue weighted by Gasteiger charge is -2.43. The van der Waals surface area contributed by atoms with E-state index >= 15 is 0 Å². The second kappa shape index (κ2) is 6.17. The molecule has 0 radical (unpaired) electrons. The normalized spacial score (nSPS) is 44.9. The molecular formula is C18H31NO2. The molecule has 21 heavy (non-hydrogen) atoms. The molecule has 4 unspecified atom stereocenters. The molecule has 0 aromatic carbocycles. The van der Waals surface area contributed by atoms with Gasteiger partial charge in [-0.3, -0.25) is 0 Å². The zero-order valence-corrected chi connectivity index (χ0v) is 13.4. The third-order valence-electron chi connectivity index (χ3n) is 6.36. The number of piperidine rings is 1. The van der Waals surface area contributed by atoms with Crippen LogP contribution in [0.5, 0.6) is 0 Å². The van der Waals surface area contributed by atoms with E-state index in [1.165, 1.54) is 70.9 Å². The molecule has 1 spiro atoms. The fraction of sp³-hybridized carbons (Fsp3) is 1.00. The van der Waals surface area contributed by atoms with Crippen LogP contribution in [0.25, 0.3) is 0 Å². The molecule has 0 bridgehead atoms. The molecule has 0 aromatic heterocycles. The van der Waals surface area contributed by atoms with Gasteiger partial charge in [-0.25, -0.2) is 0 Å². The smallest absolute Gasteiger partial charge is 0.169 e. The lowest BCUT2D eigenvalue weighted by molar-refractivity contribution is -0.208. The number of rotatable bonds is 2. The number of nitrogens with zero attached hydrogens (tertiary/aromatic N) is 1. The average molecular weight is 293 g/mol. The van der Waals surface area contributed by atoms with E-state index in [0.717, 1.165) is 31.4 Å². The molecular weight excluding hydrogens is 262 g/mol. The molecule has 4 aliphatic rings. The molecule has 0 amide bonds. The van der Waals surface area contributed by atoms with Crippen molar-refractivity contribution in [3.8, 4) is 0 Å². The van der Waals surface area contributed by atoms with E-state index < -0.39 is 0 Å². The molecule has 2 heterocycles. The SMILES string of the molecule is C1CCN(CC2COC3(CCC4CCCCC4C3)O2)CC1. The van der Waals surface area contributed by atoms with E-state index in [0.29, 0.717) is 6.10 Å². The Hall–Kier alpha value is -0.120. The lowest BCUT2D eigenvalue weighted by Crippen LogP contribution is -2.43. The minimum absolute atomic E-state index is 0.195. The Morgan fingerprint density at radius 3 is 2.57 bits per heavy atom.